The van der Waals surface area contributed by atoms with Gasteiger partial charge in [0, 0.05) is 55.0 Å². The zero-order valence-electron chi connectivity index (χ0n) is 30.5. The molecule has 286 valence electrons. The molecule has 5 N–H and O–H groups in total. The van der Waals surface area contributed by atoms with E-state index in [9.17, 15) is 19.8 Å². The number of nitrogens with one attached hydrogen (secondary N) is 3. The quantitative estimate of drug-likeness (QED) is 0.272. The summed E-state index contributed by atoms with van der Waals surface area (Å²) in [6, 6.07) is -2.65. The van der Waals surface area contributed by atoms with Crippen molar-refractivity contribution in [3.63, 3.8) is 0 Å². The van der Waals surface area contributed by atoms with Gasteiger partial charge in [-0.15, -0.1) is 11.6 Å². The van der Waals surface area contributed by atoms with Crippen molar-refractivity contribution in [1.29, 1.82) is 0 Å². The standard InChI is InChI=1S/C35H59ClF2N6O6/c1-16(2)27-29-19(10-11-39-27)30(46)23(45)15-49-24-9-8-21(36)26(38)25(24)28-22(37)12-20-31(41-33(47)44(29)32(20)40-28)42-13-18(4)43(14-17(42)3)34(48)50-35(5,6)7/h16-32,39-40,45-46H,8-15H2,1-7H3,(H,41,47)/t17-,18-,19?,20?,21?,22?,23?,24?,25?,26?,27?,28?,29?,30?,31?,32?/m0/s1. The molecular weight excluding hydrogens is 674 g/mol. The van der Waals surface area contributed by atoms with Gasteiger partial charge in [-0.3, -0.25) is 10.2 Å². The molecule has 0 spiro atoms. The van der Waals surface area contributed by atoms with E-state index >= 15 is 8.78 Å². The minimum absolute atomic E-state index is 0.0440. The Morgan fingerprint density at radius 2 is 1.78 bits per heavy atom. The molecule has 12 nitrogen and oxygen atoms in total. The highest BCUT2D eigenvalue weighted by Gasteiger charge is 2.59. The maximum absolute atomic E-state index is 16.8. The molecular formula is C35H59ClF2N6O6. The Labute approximate surface area is 300 Å². The van der Waals surface area contributed by atoms with E-state index in [2.05, 4.69) is 20.9 Å². The fraction of sp³-hybridized carbons (Fsp3) is 0.943. The molecule has 16 atom stereocenters. The van der Waals surface area contributed by atoms with Crippen LogP contribution in [0.3, 0.4) is 0 Å². The molecule has 0 aromatic heterocycles. The molecule has 1 aliphatic carbocycles. The minimum atomic E-state index is -1.58. The van der Waals surface area contributed by atoms with E-state index in [-0.39, 0.29) is 43.1 Å². The SMILES string of the molecule is CC(C)C1NCCC2C(O)C(O)COC3CCC(Cl)C(F)C3C3NC4C(CC3F)C(N3C[C@H](C)N(C(=O)OC(C)(C)C)C[C@@H]3C)NC(=O)N4C21. The van der Waals surface area contributed by atoms with Gasteiger partial charge in [-0.1, -0.05) is 13.8 Å². The number of piperazine rings is 1. The van der Waals surface area contributed by atoms with Crippen molar-refractivity contribution in [1.82, 2.24) is 30.7 Å². The van der Waals surface area contributed by atoms with Crippen LogP contribution in [0.15, 0.2) is 0 Å². The molecule has 5 saturated heterocycles. The first-order chi connectivity index (χ1) is 23.5. The summed E-state index contributed by atoms with van der Waals surface area (Å²) in [4.78, 5) is 33.4. The first kappa shape index (κ1) is 38.2. The number of carbonyl (C=O) groups is 2. The second kappa shape index (κ2) is 14.7. The molecule has 1 saturated carbocycles. The topological polar surface area (TPSA) is 139 Å². The van der Waals surface area contributed by atoms with Crippen LogP contribution in [-0.4, -0.2) is 147 Å². The Kier molecular flexibility index (Phi) is 11.2. The molecule has 15 heteroatoms. The van der Waals surface area contributed by atoms with Crippen LogP contribution < -0.4 is 16.0 Å². The number of ether oxygens (including phenoxy) is 2. The van der Waals surface area contributed by atoms with Gasteiger partial charge in [0.25, 0.3) is 0 Å². The molecule has 6 aliphatic rings. The highest BCUT2D eigenvalue weighted by atomic mass is 35.5. The van der Waals surface area contributed by atoms with Crippen LogP contribution in [0.2, 0.25) is 0 Å². The molecule has 0 aromatic rings. The highest BCUT2D eigenvalue weighted by molar-refractivity contribution is 6.21. The lowest BCUT2D eigenvalue weighted by Crippen LogP contribution is -2.81. The van der Waals surface area contributed by atoms with E-state index in [1.54, 1.807) is 9.80 Å². The van der Waals surface area contributed by atoms with Gasteiger partial charge in [-0.2, -0.15) is 0 Å². The van der Waals surface area contributed by atoms with E-state index in [0.717, 1.165) is 0 Å². The fourth-order valence-corrected chi connectivity index (χ4v) is 10.1. The summed E-state index contributed by atoms with van der Waals surface area (Å²) in [5.74, 6) is -1.90. The van der Waals surface area contributed by atoms with Crippen molar-refractivity contribution in [3.05, 3.63) is 0 Å². The van der Waals surface area contributed by atoms with Crippen LogP contribution in [0.5, 0.6) is 0 Å². The number of aliphatic hydroxyl groups is 2. The molecule has 0 aromatic carbocycles. The second-order valence-electron chi connectivity index (χ2n) is 17.1. The summed E-state index contributed by atoms with van der Waals surface area (Å²) < 4.78 is 44.8. The van der Waals surface area contributed by atoms with E-state index < -0.39 is 89.9 Å². The minimum Gasteiger partial charge on any atom is -0.444 e. The first-order valence-corrected chi connectivity index (χ1v) is 19.2. The number of hydrogen-bond acceptors (Lipinski definition) is 9. The Morgan fingerprint density at radius 1 is 1.06 bits per heavy atom. The lowest BCUT2D eigenvalue weighted by molar-refractivity contribution is -0.156. The van der Waals surface area contributed by atoms with Crippen molar-refractivity contribution in [3.8, 4) is 0 Å². The molecule has 6 fully saturated rings. The van der Waals surface area contributed by atoms with E-state index in [0.29, 0.717) is 38.9 Å². The third kappa shape index (κ3) is 7.20. The normalized spacial score (nSPS) is 46.2. The average Bonchev–Trinajstić information content (AvgIpc) is 3.04. The molecule has 0 radical (unpaired) electrons. The number of hydrogen-bond donors (Lipinski definition) is 5. The number of fused-ring (bicyclic) bond motifs is 5. The summed E-state index contributed by atoms with van der Waals surface area (Å²) in [6.45, 7) is 14.6. The van der Waals surface area contributed by atoms with Crippen LogP contribution in [0.4, 0.5) is 18.4 Å². The smallest absolute Gasteiger partial charge is 0.410 e. The Morgan fingerprint density at radius 3 is 2.46 bits per heavy atom. The van der Waals surface area contributed by atoms with Crippen molar-refractivity contribution >= 4 is 23.7 Å². The van der Waals surface area contributed by atoms with E-state index in [4.69, 9.17) is 21.1 Å². The summed E-state index contributed by atoms with van der Waals surface area (Å²) >= 11 is 6.48. The van der Waals surface area contributed by atoms with Crippen LogP contribution >= 0.6 is 11.6 Å². The van der Waals surface area contributed by atoms with Crippen molar-refractivity contribution in [2.45, 2.75) is 158 Å². The molecule has 14 unspecified atom stereocenters. The zero-order chi connectivity index (χ0) is 36.4. The monoisotopic (exact) mass is 732 g/mol. The van der Waals surface area contributed by atoms with Crippen LogP contribution in [-0.2, 0) is 9.47 Å². The predicted octanol–water partition coefficient (Wildman–Crippen LogP) is 2.79. The highest BCUT2D eigenvalue weighted by Crippen LogP contribution is 2.44. The van der Waals surface area contributed by atoms with Gasteiger partial charge in [0.1, 0.15) is 24.0 Å². The van der Waals surface area contributed by atoms with Gasteiger partial charge in [0.05, 0.1) is 42.6 Å². The number of halogens is 3. The van der Waals surface area contributed by atoms with E-state index in [1.165, 1.54) is 0 Å². The number of aliphatic hydroxyl groups excluding tert-OH is 2. The Hall–Kier alpha value is -1.55. The first-order valence-electron chi connectivity index (χ1n) is 18.7. The molecule has 5 aliphatic heterocycles. The maximum Gasteiger partial charge on any atom is 0.410 e. The van der Waals surface area contributed by atoms with Crippen molar-refractivity contribution in [2.24, 2.45) is 23.7 Å². The lowest BCUT2D eigenvalue weighted by atomic mass is 9.71. The number of alkyl halides is 3. The van der Waals surface area contributed by atoms with Crippen LogP contribution in [0.25, 0.3) is 0 Å². The number of amides is 3. The average molecular weight is 733 g/mol. The van der Waals surface area contributed by atoms with Gasteiger partial charge in [0.15, 0.2) is 0 Å². The number of piperidine rings is 2. The van der Waals surface area contributed by atoms with Gasteiger partial charge in [-0.25, -0.2) is 18.4 Å². The van der Waals surface area contributed by atoms with Gasteiger partial charge in [0.2, 0.25) is 0 Å². The van der Waals surface area contributed by atoms with Crippen LogP contribution in [0.1, 0.15) is 74.1 Å². The molecule has 5 heterocycles. The van der Waals surface area contributed by atoms with Gasteiger partial charge >= 0.3 is 12.1 Å². The largest absolute Gasteiger partial charge is 0.444 e. The van der Waals surface area contributed by atoms with E-state index in [1.807, 2.05) is 48.5 Å². The van der Waals surface area contributed by atoms with Gasteiger partial charge in [-0.05, 0) is 72.8 Å². The van der Waals surface area contributed by atoms with Gasteiger partial charge < -0.3 is 40.1 Å². The lowest BCUT2D eigenvalue weighted by Gasteiger charge is -2.61. The molecule has 2 bridgehead atoms. The third-order valence-corrected chi connectivity index (χ3v) is 12.6. The number of nitrogens with zero attached hydrogens (tertiary/aromatic N) is 3. The third-order valence-electron chi connectivity index (χ3n) is 12.2. The van der Waals surface area contributed by atoms with Crippen LogP contribution in [0, 0.1) is 23.7 Å². The van der Waals surface area contributed by atoms with Crippen molar-refractivity contribution < 1.29 is 38.1 Å². The second-order valence-corrected chi connectivity index (χ2v) is 17.7. The summed E-state index contributed by atoms with van der Waals surface area (Å²) in [6.07, 6.45) is -6.75. The Balaban J connectivity index is 1.39. The number of rotatable bonds is 2. The molecule has 50 heavy (non-hydrogen) atoms. The Bertz CT molecular complexity index is 1230. The molecule has 6 rings (SSSR count). The molecule has 3 amide bonds. The predicted molar refractivity (Wildman–Crippen MR) is 184 cm³/mol. The maximum atomic E-state index is 16.8. The number of carbonyl (C=O) groups excluding carboxylic acids is 2. The zero-order valence-corrected chi connectivity index (χ0v) is 31.2. The number of urea groups is 1. The fourth-order valence-electron chi connectivity index (χ4n) is 9.81. The van der Waals surface area contributed by atoms with Crippen molar-refractivity contribution in [2.75, 3.05) is 26.2 Å². The summed E-state index contributed by atoms with van der Waals surface area (Å²) in [5, 5.41) is 32.5. The summed E-state index contributed by atoms with van der Waals surface area (Å²) in [5.41, 5.74) is -0.653. The summed E-state index contributed by atoms with van der Waals surface area (Å²) in [7, 11) is 0.